The van der Waals surface area contributed by atoms with Gasteiger partial charge in [0.05, 0.1) is 11.3 Å². The fourth-order valence-electron chi connectivity index (χ4n) is 4.68. The first kappa shape index (κ1) is 29.6. The van der Waals surface area contributed by atoms with Crippen LogP contribution in [0, 0.1) is 0 Å². The first-order valence-corrected chi connectivity index (χ1v) is 14.3. The lowest BCUT2D eigenvalue weighted by Crippen LogP contribution is -2.34. The molecule has 11 heteroatoms. The molecule has 0 aliphatic heterocycles. The summed E-state index contributed by atoms with van der Waals surface area (Å²) in [4.78, 5) is 29.2. The van der Waals surface area contributed by atoms with Gasteiger partial charge < -0.3 is 20.8 Å². The van der Waals surface area contributed by atoms with Crippen molar-refractivity contribution in [2.24, 2.45) is 20.5 Å². The van der Waals surface area contributed by atoms with Crippen molar-refractivity contribution in [3.63, 3.8) is 0 Å². The van der Waals surface area contributed by atoms with Gasteiger partial charge in [-0.3, -0.25) is 9.59 Å². The summed E-state index contributed by atoms with van der Waals surface area (Å²) in [5.41, 5.74) is 1.91. The number of hydrogen-bond donors (Lipinski definition) is 4. The van der Waals surface area contributed by atoms with Crippen LogP contribution in [0.1, 0.15) is 20.7 Å². The lowest BCUT2D eigenvalue weighted by Gasteiger charge is -2.07. The highest BCUT2D eigenvalue weighted by atomic mass is 16.3. The van der Waals surface area contributed by atoms with E-state index >= 15 is 0 Å². The number of phenols is 2. The maximum absolute atomic E-state index is 12.6. The van der Waals surface area contributed by atoms with Crippen molar-refractivity contribution in [2.75, 3.05) is 13.1 Å². The number of azo groups is 2. The van der Waals surface area contributed by atoms with Crippen LogP contribution in [0.15, 0.2) is 136 Å². The Labute approximate surface area is 263 Å². The first-order chi connectivity index (χ1) is 22.5. The second-order valence-corrected chi connectivity index (χ2v) is 10.2. The summed E-state index contributed by atoms with van der Waals surface area (Å²) in [7, 11) is 0. The number of hydrogen-bond acceptors (Lipinski definition) is 9. The Bertz CT molecular complexity index is 1960. The molecule has 0 atom stereocenters. The van der Waals surface area contributed by atoms with Crippen molar-refractivity contribution in [2.45, 2.75) is 0 Å². The number of phenolic OH excluding ortho intramolecular Hbond substituents is 2. The Kier molecular flexibility index (Phi) is 8.64. The second-order valence-electron chi connectivity index (χ2n) is 10.2. The molecule has 6 aromatic rings. The van der Waals surface area contributed by atoms with E-state index in [4.69, 9.17) is 0 Å². The van der Waals surface area contributed by atoms with E-state index in [0.29, 0.717) is 39.0 Å². The summed E-state index contributed by atoms with van der Waals surface area (Å²) >= 11 is 0. The molecule has 6 rings (SSSR count). The van der Waals surface area contributed by atoms with Crippen LogP contribution >= 0.6 is 0 Å². The van der Waals surface area contributed by atoms with Gasteiger partial charge in [0.1, 0.15) is 11.4 Å². The molecule has 0 radical (unpaired) electrons. The molecule has 4 N–H and O–H groups in total. The summed E-state index contributed by atoms with van der Waals surface area (Å²) in [5, 5.41) is 46.1. The molecular formula is C35H27N7O4. The number of rotatable bonds is 9. The standard InChI is InChI=1S/C35H27N7O4/c43-32-27-7-3-1-5-22(27)11-16-29(32)40-39-26-14-9-24(10-15-26)34(45)36-19-20-37-35(46)25-13-18-31(38-21-25)42-41-30-17-12-23-6-2-4-8-28(23)33(30)44/h1-18,21,43-44H,19-20H2,(H,36,45)(H,37,46). The lowest BCUT2D eigenvalue weighted by atomic mass is 10.1. The average molecular weight is 610 g/mol. The molecule has 1 aromatic heterocycles. The van der Waals surface area contributed by atoms with Crippen molar-refractivity contribution in [3.05, 3.63) is 127 Å². The topological polar surface area (TPSA) is 161 Å². The van der Waals surface area contributed by atoms with Gasteiger partial charge in [0, 0.05) is 35.6 Å². The Morgan fingerprint density at radius 3 is 1.65 bits per heavy atom. The SMILES string of the molecule is O=C(NCCNC(=O)c1ccc(N=Nc2ccc3ccccc3c2O)nc1)c1ccc(N=Nc2ccc3ccccc3c2O)cc1. The monoisotopic (exact) mass is 609 g/mol. The van der Waals surface area contributed by atoms with Crippen LogP contribution in [0.3, 0.4) is 0 Å². The number of amides is 2. The quantitative estimate of drug-likeness (QED) is 0.0970. The van der Waals surface area contributed by atoms with Gasteiger partial charge in [0.2, 0.25) is 0 Å². The number of carbonyl (C=O) groups is 2. The summed E-state index contributed by atoms with van der Waals surface area (Å²) in [5.74, 6) is -0.304. The van der Waals surface area contributed by atoms with Crippen LogP contribution in [0.2, 0.25) is 0 Å². The van der Waals surface area contributed by atoms with E-state index in [1.54, 1.807) is 54.6 Å². The third kappa shape index (κ3) is 6.68. The number of nitrogens with zero attached hydrogens (tertiary/aromatic N) is 5. The number of aromatic nitrogens is 1. The third-order valence-electron chi connectivity index (χ3n) is 7.13. The summed E-state index contributed by atoms with van der Waals surface area (Å²) in [6.07, 6.45) is 1.38. The van der Waals surface area contributed by atoms with E-state index in [9.17, 15) is 19.8 Å². The molecule has 0 saturated heterocycles. The molecule has 0 spiro atoms. The van der Waals surface area contributed by atoms with Crippen molar-refractivity contribution < 1.29 is 19.8 Å². The fourth-order valence-corrected chi connectivity index (χ4v) is 4.68. The number of nitrogens with one attached hydrogen (secondary N) is 2. The highest BCUT2D eigenvalue weighted by Crippen LogP contribution is 2.36. The van der Waals surface area contributed by atoms with E-state index < -0.39 is 0 Å². The first-order valence-electron chi connectivity index (χ1n) is 14.3. The van der Waals surface area contributed by atoms with Crippen molar-refractivity contribution in [1.29, 1.82) is 0 Å². The minimum absolute atomic E-state index is 0.0307. The zero-order valence-electron chi connectivity index (χ0n) is 24.3. The van der Waals surface area contributed by atoms with Crippen LogP contribution in [0.5, 0.6) is 11.5 Å². The highest BCUT2D eigenvalue weighted by Gasteiger charge is 2.10. The minimum Gasteiger partial charge on any atom is -0.505 e. The molecule has 0 saturated carbocycles. The number of aromatic hydroxyl groups is 2. The molecule has 11 nitrogen and oxygen atoms in total. The van der Waals surface area contributed by atoms with Gasteiger partial charge in [-0.05, 0) is 59.3 Å². The second kappa shape index (κ2) is 13.4. The van der Waals surface area contributed by atoms with Crippen molar-refractivity contribution in [1.82, 2.24) is 15.6 Å². The third-order valence-corrected chi connectivity index (χ3v) is 7.13. The largest absolute Gasteiger partial charge is 0.505 e. The maximum atomic E-state index is 12.6. The Morgan fingerprint density at radius 1 is 0.565 bits per heavy atom. The van der Waals surface area contributed by atoms with Crippen molar-refractivity contribution >= 4 is 56.2 Å². The average Bonchev–Trinajstić information content (AvgIpc) is 3.10. The molecule has 0 bridgehead atoms. The van der Waals surface area contributed by atoms with E-state index in [-0.39, 0.29) is 42.2 Å². The predicted molar refractivity (Wildman–Crippen MR) is 175 cm³/mol. The molecule has 0 aliphatic rings. The summed E-state index contributed by atoms with van der Waals surface area (Å²) in [6, 6.07) is 31.6. The van der Waals surface area contributed by atoms with Gasteiger partial charge in [-0.2, -0.15) is 5.11 Å². The molecule has 46 heavy (non-hydrogen) atoms. The Balaban J connectivity index is 0.965. The molecule has 5 aromatic carbocycles. The molecule has 226 valence electrons. The van der Waals surface area contributed by atoms with Crippen LogP contribution in [-0.2, 0) is 0 Å². The normalized spacial score (nSPS) is 11.4. The van der Waals surface area contributed by atoms with Gasteiger partial charge in [-0.1, -0.05) is 60.7 Å². The zero-order chi connectivity index (χ0) is 31.9. The molecular weight excluding hydrogens is 582 g/mol. The van der Waals surface area contributed by atoms with Gasteiger partial charge in [-0.25, -0.2) is 4.98 Å². The smallest absolute Gasteiger partial charge is 0.252 e. The van der Waals surface area contributed by atoms with Crippen LogP contribution < -0.4 is 10.6 Å². The Hall–Kier alpha value is -6.49. The predicted octanol–water partition coefficient (Wildman–Crippen LogP) is 7.79. The summed E-state index contributed by atoms with van der Waals surface area (Å²) < 4.78 is 0. The van der Waals surface area contributed by atoms with Crippen molar-refractivity contribution in [3.8, 4) is 11.5 Å². The molecule has 0 unspecified atom stereocenters. The number of carbonyl (C=O) groups excluding carboxylic acids is 2. The number of fused-ring (bicyclic) bond motifs is 2. The van der Waals surface area contributed by atoms with Gasteiger partial charge >= 0.3 is 0 Å². The van der Waals surface area contributed by atoms with Gasteiger partial charge in [-0.15, -0.1) is 15.3 Å². The van der Waals surface area contributed by atoms with E-state index in [1.807, 2.05) is 54.6 Å². The van der Waals surface area contributed by atoms with E-state index in [0.717, 1.165) is 10.8 Å². The molecule has 1 heterocycles. The van der Waals surface area contributed by atoms with Gasteiger partial charge in [0.15, 0.2) is 17.3 Å². The number of benzene rings is 5. The van der Waals surface area contributed by atoms with Crippen LogP contribution in [-0.4, -0.2) is 40.1 Å². The molecule has 2 amide bonds. The fraction of sp³-hybridized carbons (Fsp3) is 0.0571. The van der Waals surface area contributed by atoms with Crippen LogP contribution in [0.4, 0.5) is 22.9 Å². The maximum Gasteiger partial charge on any atom is 0.252 e. The lowest BCUT2D eigenvalue weighted by molar-refractivity contribution is 0.0927. The zero-order valence-corrected chi connectivity index (χ0v) is 24.3. The van der Waals surface area contributed by atoms with E-state index in [1.165, 1.54) is 6.20 Å². The highest BCUT2D eigenvalue weighted by molar-refractivity contribution is 5.96. The number of pyridine rings is 1. The summed E-state index contributed by atoms with van der Waals surface area (Å²) in [6.45, 7) is 0.414. The Morgan fingerprint density at radius 2 is 1.09 bits per heavy atom. The van der Waals surface area contributed by atoms with Gasteiger partial charge in [0.25, 0.3) is 11.8 Å². The van der Waals surface area contributed by atoms with Crippen LogP contribution in [0.25, 0.3) is 21.5 Å². The van der Waals surface area contributed by atoms with E-state index in [2.05, 4.69) is 36.1 Å². The minimum atomic E-state index is -0.357. The molecule has 0 aliphatic carbocycles. The molecule has 0 fully saturated rings.